The standard InChI is InChI=1S/C14H17NOS/c1-11-4-2-5-12(7-8-15)14(11)16-10-13-6-3-9-17-13/h2-6,9H,7-8,10,15H2,1H3. The van der Waals surface area contributed by atoms with E-state index in [0.717, 1.165) is 12.2 Å². The van der Waals surface area contributed by atoms with Gasteiger partial charge in [-0.1, -0.05) is 24.3 Å². The molecule has 0 radical (unpaired) electrons. The molecule has 0 aliphatic heterocycles. The van der Waals surface area contributed by atoms with E-state index in [1.165, 1.54) is 16.0 Å². The Bertz CT molecular complexity index is 465. The predicted octanol–water partition coefficient (Wildman–Crippen LogP) is 3.14. The quantitative estimate of drug-likeness (QED) is 0.881. The molecule has 2 rings (SSSR count). The second-order valence-corrected chi connectivity index (χ2v) is 5.00. The van der Waals surface area contributed by atoms with E-state index in [4.69, 9.17) is 10.5 Å². The zero-order chi connectivity index (χ0) is 12.1. The second kappa shape index (κ2) is 5.84. The molecule has 90 valence electrons. The maximum atomic E-state index is 5.92. The van der Waals surface area contributed by atoms with Crippen LogP contribution in [0.25, 0.3) is 0 Å². The minimum absolute atomic E-state index is 0.639. The van der Waals surface area contributed by atoms with Gasteiger partial charge in [0.05, 0.1) is 0 Å². The van der Waals surface area contributed by atoms with Crippen LogP contribution in [0.2, 0.25) is 0 Å². The molecule has 0 aliphatic rings. The monoisotopic (exact) mass is 247 g/mol. The van der Waals surface area contributed by atoms with Crippen molar-refractivity contribution in [2.75, 3.05) is 6.54 Å². The van der Waals surface area contributed by atoms with Crippen LogP contribution in [0, 0.1) is 6.92 Å². The minimum Gasteiger partial charge on any atom is -0.488 e. The van der Waals surface area contributed by atoms with Gasteiger partial charge in [0.15, 0.2) is 0 Å². The van der Waals surface area contributed by atoms with Gasteiger partial charge in [-0.15, -0.1) is 11.3 Å². The number of rotatable bonds is 5. The van der Waals surface area contributed by atoms with Crippen molar-refractivity contribution in [1.29, 1.82) is 0 Å². The summed E-state index contributed by atoms with van der Waals surface area (Å²) in [6.07, 6.45) is 0.863. The average Bonchev–Trinajstić information content (AvgIpc) is 2.82. The van der Waals surface area contributed by atoms with Gasteiger partial charge in [0, 0.05) is 4.88 Å². The molecule has 0 spiro atoms. The van der Waals surface area contributed by atoms with Crippen molar-refractivity contribution in [3.05, 3.63) is 51.7 Å². The van der Waals surface area contributed by atoms with Gasteiger partial charge in [-0.25, -0.2) is 0 Å². The smallest absolute Gasteiger partial charge is 0.125 e. The summed E-state index contributed by atoms with van der Waals surface area (Å²) >= 11 is 1.72. The van der Waals surface area contributed by atoms with Crippen LogP contribution < -0.4 is 10.5 Å². The Hall–Kier alpha value is -1.32. The van der Waals surface area contributed by atoms with Crippen LogP contribution in [0.4, 0.5) is 0 Å². The molecule has 1 aromatic heterocycles. The van der Waals surface area contributed by atoms with Crippen LogP contribution in [0.15, 0.2) is 35.7 Å². The third-order valence-corrected chi connectivity index (χ3v) is 3.50. The molecule has 3 heteroatoms. The fourth-order valence-electron chi connectivity index (χ4n) is 1.81. The van der Waals surface area contributed by atoms with Crippen molar-refractivity contribution in [2.45, 2.75) is 20.0 Å². The number of aryl methyl sites for hydroxylation is 1. The molecule has 0 aliphatic carbocycles. The van der Waals surface area contributed by atoms with E-state index in [-0.39, 0.29) is 0 Å². The van der Waals surface area contributed by atoms with Gasteiger partial charge in [0.25, 0.3) is 0 Å². The highest BCUT2D eigenvalue weighted by molar-refractivity contribution is 7.09. The van der Waals surface area contributed by atoms with E-state index in [1.807, 2.05) is 6.07 Å². The Morgan fingerprint density at radius 1 is 1.24 bits per heavy atom. The number of hydrogen-bond acceptors (Lipinski definition) is 3. The van der Waals surface area contributed by atoms with Crippen LogP contribution in [0.5, 0.6) is 5.75 Å². The number of nitrogens with two attached hydrogens (primary N) is 1. The van der Waals surface area contributed by atoms with Crippen molar-refractivity contribution in [3.8, 4) is 5.75 Å². The third kappa shape index (κ3) is 3.08. The van der Waals surface area contributed by atoms with Gasteiger partial charge >= 0.3 is 0 Å². The zero-order valence-electron chi connectivity index (χ0n) is 9.98. The molecule has 0 bridgehead atoms. The van der Waals surface area contributed by atoms with Gasteiger partial charge in [-0.3, -0.25) is 0 Å². The summed E-state index contributed by atoms with van der Waals surface area (Å²) in [5.41, 5.74) is 7.99. The van der Waals surface area contributed by atoms with E-state index in [2.05, 4.69) is 36.6 Å². The first-order chi connectivity index (χ1) is 8.31. The highest BCUT2D eigenvalue weighted by atomic mass is 32.1. The van der Waals surface area contributed by atoms with E-state index < -0.39 is 0 Å². The molecule has 2 N–H and O–H groups in total. The van der Waals surface area contributed by atoms with Crippen LogP contribution >= 0.6 is 11.3 Å². The average molecular weight is 247 g/mol. The van der Waals surface area contributed by atoms with Crippen molar-refractivity contribution in [2.24, 2.45) is 5.73 Å². The Morgan fingerprint density at radius 2 is 2.12 bits per heavy atom. The predicted molar refractivity (Wildman–Crippen MR) is 72.6 cm³/mol. The van der Waals surface area contributed by atoms with Crippen LogP contribution in [-0.2, 0) is 13.0 Å². The minimum atomic E-state index is 0.639. The Balaban J connectivity index is 2.13. The van der Waals surface area contributed by atoms with Gasteiger partial charge < -0.3 is 10.5 Å². The Labute approximate surface area is 106 Å². The van der Waals surface area contributed by atoms with E-state index in [9.17, 15) is 0 Å². The molecule has 0 amide bonds. The summed E-state index contributed by atoms with van der Waals surface area (Å²) in [5.74, 6) is 0.992. The molecule has 2 aromatic rings. The van der Waals surface area contributed by atoms with Crippen molar-refractivity contribution >= 4 is 11.3 Å². The molecule has 1 heterocycles. The number of para-hydroxylation sites is 1. The lowest BCUT2D eigenvalue weighted by Crippen LogP contribution is -2.06. The molecule has 2 nitrogen and oxygen atoms in total. The molecule has 0 saturated carbocycles. The largest absolute Gasteiger partial charge is 0.488 e. The topological polar surface area (TPSA) is 35.2 Å². The number of ether oxygens (including phenoxy) is 1. The van der Waals surface area contributed by atoms with Gasteiger partial charge in [-0.05, 0) is 42.5 Å². The summed E-state index contributed by atoms with van der Waals surface area (Å²) in [4.78, 5) is 1.24. The van der Waals surface area contributed by atoms with Gasteiger partial charge in [0.2, 0.25) is 0 Å². The van der Waals surface area contributed by atoms with Crippen LogP contribution in [0.3, 0.4) is 0 Å². The van der Waals surface area contributed by atoms with Gasteiger partial charge in [-0.2, -0.15) is 0 Å². The number of hydrogen-bond donors (Lipinski definition) is 1. The highest BCUT2D eigenvalue weighted by Gasteiger charge is 2.06. The maximum Gasteiger partial charge on any atom is 0.125 e. The van der Waals surface area contributed by atoms with E-state index in [1.54, 1.807) is 11.3 Å². The highest BCUT2D eigenvalue weighted by Crippen LogP contribution is 2.25. The van der Waals surface area contributed by atoms with Crippen LogP contribution in [0.1, 0.15) is 16.0 Å². The molecular formula is C14H17NOS. The zero-order valence-corrected chi connectivity index (χ0v) is 10.8. The summed E-state index contributed by atoms with van der Waals surface area (Å²) in [6, 6.07) is 10.3. The first-order valence-electron chi connectivity index (χ1n) is 5.75. The maximum absolute atomic E-state index is 5.92. The number of thiophene rings is 1. The van der Waals surface area contributed by atoms with Crippen molar-refractivity contribution in [3.63, 3.8) is 0 Å². The molecular weight excluding hydrogens is 230 g/mol. The van der Waals surface area contributed by atoms with E-state index >= 15 is 0 Å². The Kier molecular flexibility index (Phi) is 4.18. The molecule has 0 fully saturated rings. The molecule has 17 heavy (non-hydrogen) atoms. The Morgan fingerprint density at radius 3 is 2.82 bits per heavy atom. The second-order valence-electron chi connectivity index (χ2n) is 3.97. The first kappa shape index (κ1) is 12.1. The lowest BCUT2D eigenvalue weighted by molar-refractivity contribution is 0.304. The summed E-state index contributed by atoms with van der Waals surface area (Å²) in [6.45, 7) is 3.36. The third-order valence-electron chi connectivity index (χ3n) is 2.65. The summed E-state index contributed by atoms with van der Waals surface area (Å²) in [7, 11) is 0. The summed E-state index contributed by atoms with van der Waals surface area (Å²) in [5, 5.41) is 2.07. The molecule has 0 unspecified atom stereocenters. The number of benzene rings is 1. The normalized spacial score (nSPS) is 10.5. The lowest BCUT2D eigenvalue weighted by atomic mass is 10.1. The molecule has 1 aromatic carbocycles. The molecule has 0 atom stereocenters. The SMILES string of the molecule is Cc1cccc(CCN)c1OCc1cccs1. The van der Waals surface area contributed by atoms with Gasteiger partial charge in [0.1, 0.15) is 12.4 Å². The lowest BCUT2D eigenvalue weighted by Gasteiger charge is -2.13. The van der Waals surface area contributed by atoms with Crippen molar-refractivity contribution < 1.29 is 4.74 Å². The molecule has 0 saturated heterocycles. The fourth-order valence-corrected chi connectivity index (χ4v) is 2.43. The first-order valence-corrected chi connectivity index (χ1v) is 6.63. The summed E-state index contributed by atoms with van der Waals surface area (Å²) < 4.78 is 5.92. The van der Waals surface area contributed by atoms with Crippen LogP contribution in [-0.4, -0.2) is 6.54 Å². The fraction of sp³-hybridized carbons (Fsp3) is 0.286. The van der Waals surface area contributed by atoms with Crippen molar-refractivity contribution in [1.82, 2.24) is 0 Å². The van der Waals surface area contributed by atoms with E-state index in [0.29, 0.717) is 13.2 Å².